The monoisotopic (exact) mass is 369 g/mol. The van der Waals surface area contributed by atoms with E-state index in [0.717, 1.165) is 16.3 Å². The van der Waals surface area contributed by atoms with Gasteiger partial charge in [-0.15, -0.1) is 11.3 Å². The van der Waals surface area contributed by atoms with Gasteiger partial charge in [-0.05, 0) is 31.2 Å². The second-order valence-corrected chi connectivity index (χ2v) is 6.18. The van der Waals surface area contributed by atoms with Gasteiger partial charge in [0.25, 0.3) is 5.91 Å². The highest BCUT2D eigenvalue weighted by Gasteiger charge is 2.09. The van der Waals surface area contributed by atoms with E-state index in [1.807, 2.05) is 42.6 Å². The Hall–Kier alpha value is -2.93. The first-order chi connectivity index (χ1) is 12.8. The van der Waals surface area contributed by atoms with Crippen molar-refractivity contribution in [2.75, 3.05) is 13.2 Å². The molecule has 0 aliphatic carbocycles. The van der Waals surface area contributed by atoms with E-state index in [2.05, 4.69) is 15.3 Å². The quantitative estimate of drug-likeness (QED) is 0.659. The molecule has 6 nitrogen and oxygen atoms in total. The highest BCUT2D eigenvalue weighted by molar-refractivity contribution is 7.13. The Morgan fingerprint density at radius 1 is 1.12 bits per heavy atom. The van der Waals surface area contributed by atoms with Crippen molar-refractivity contribution in [3.05, 3.63) is 59.9 Å². The minimum absolute atomic E-state index is 0.0779. The molecular formula is C19H19N3O3S. The van der Waals surface area contributed by atoms with Crippen LogP contribution in [-0.4, -0.2) is 29.1 Å². The van der Waals surface area contributed by atoms with E-state index in [4.69, 9.17) is 9.47 Å². The van der Waals surface area contributed by atoms with Gasteiger partial charge in [0.15, 0.2) is 18.1 Å². The van der Waals surface area contributed by atoms with Crippen LogP contribution in [0.4, 0.5) is 0 Å². The summed E-state index contributed by atoms with van der Waals surface area (Å²) >= 11 is 1.53. The van der Waals surface area contributed by atoms with Gasteiger partial charge in [-0.2, -0.15) is 0 Å². The second-order valence-electron chi connectivity index (χ2n) is 5.33. The van der Waals surface area contributed by atoms with E-state index in [0.29, 0.717) is 24.7 Å². The molecule has 3 aromatic rings. The van der Waals surface area contributed by atoms with E-state index >= 15 is 0 Å². The van der Waals surface area contributed by atoms with Crippen LogP contribution in [0.2, 0.25) is 0 Å². The number of amides is 1. The number of nitrogens with zero attached hydrogens (tertiary/aromatic N) is 2. The van der Waals surface area contributed by atoms with Crippen molar-refractivity contribution in [1.82, 2.24) is 15.3 Å². The zero-order valence-corrected chi connectivity index (χ0v) is 15.2. The second kappa shape index (κ2) is 8.96. The van der Waals surface area contributed by atoms with Crippen molar-refractivity contribution in [2.24, 2.45) is 0 Å². The highest BCUT2D eigenvalue weighted by Crippen LogP contribution is 2.26. The number of pyridine rings is 1. The molecule has 0 bridgehead atoms. The molecule has 2 aromatic heterocycles. The van der Waals surface area contributed by atoms with E-state index in [1.165, 1.54) is 11.3 Å². The number of aromatic nitrogens is 2. The summed E-state index contributed by atoms with van der Waals surface area (Å²) in [6, 6.07) is 11.1. The number of hydrogen-bond donors (Lipinski definition) is 1. The summed E-state index contributed by atoms with van der Waals surface area (Å²) in [5.41, 5.74) is 1.82. The zero-order chi connectivity index (χ0) is 18.2. The number of benzene rings is 1. The van der Waals surface area contributed by atoms with Crippen LogP contribution >= 0.6 is 11.3 Å². The van der Waals surface area contributed by atoms with Crippen molar-refractivity contribution < 1.29 is 14.3 Å². The minimum atomic E-state index is -0.213. The summed E-state index contributed by atoms with van der Waals surface area (Å²) in [4.78, 5) is 20.5. The molecule has 3 rings (SSSR count). The van der Waals surface area contributed by atoms with Crippen molar-refractivity contribution in [3.63, 3.8) is 0 Å². The molecule has 0 radical (unpaired) electrons. The Bertz CT molecular complexity index is 852. The Balaban J connectivity index is 1.50. The molecule has 134 valence electrons. The van der Waals surface area contributed by atoms with Crippen LogP contribution in [-0.2, 0) is 11.3 Å². The molecule has 1 aromatic carbocycles. The lowest BCUT2D eigenvalue weighted by molar-refractivity contribution is -0.123. The first kappa shape index (κ1) is 17.9. The molecule has 0 saturated heterocycles. The molecule has 0 saturated carbocycles. The van der Waals surface area contributed by atoms with Crippen molar-refractivity contribution >= 4 is 17.2 Å². The maximum Gasteiger partial charge on any atom is 0.258 e. The van der Waals surface area contributed by atoms with Crippen LogP contribution in [0.15, 0.2) is 54.2 Å². The van der Waals surface area contributed by atoms with Gasteiger partial charge in [-0.1, -0.05) is 12.1 Å². The summed E-state index contributed by atoms with van der Waals surface area (Å²) in [5, 5.41) is 5.65. The summed E-state index contributed by atoms with van der Waals surface area (Å²) < 4.78 is 11.0. The van der Waals surface area contributed by atoms with Crippen LogP contribution in [0.25, 0.3) is 10.6 Å². The predicted octanol–water partition coefficient (Wildman–Crippen LogP) is 3.30. The van der Waals surface area contributed by atoms with E-state index in [-0.39, 0.29) is 12.5 Å². The van der Waals surface area contributed by atoms with Gasteiger partial charge in [0.05, 0.1) is 18.8 Å². The Morgan fingerprint density at radius 3 is 2.58 bits per heavy atom. The summed E-state index contributed by atoms with van der Waals surface area (Å²) in [6.45, 7) is 2.72. The predicted molar refractivity (Wildman–Crippen MR) is 100 cm³/mol. The molecular weight excluding hydrogens is 350 g/mol. The van der Waals surface area contributed by atoms with Crippen LogP contribution in [0, 0.1) is 0 Å². The van der Waals surface area contributed by atoms with Crippen LogP contribution in [0.5, 0.6) is 11.5 Å². The zero-order valence-electron chi connectivity index (χ0n) is 14.3. The number of thiazole rings is 1. The standard InChI is InChI=1S/C19H19N3O3S/c1-2-24-16-5-3-4-6-17(16)25-12-18(23)21-11-15-13-26-19(22-15)14-7-9-20-10-8-14/h3-10,13H,2,11-12H2,1H3,(H,21,23). The minimum Gasteiger partial charge on any atom is -0.490 e. The largest absolute Gasteiger partial charge is 0.490 e. The van der Waals surface area contributed by atoms with E-state index < -0.39 is 0 Å². The molecule has 26 heavy (non-hydrogen) atoms. The molecule has 2 heterocycles. The topological polar surface area (TPSA) is 73.3 Å². The Labute approximate surface area is 155 Å². The number of ether oxygens (including phenoxy) is 2. The fourth-order valence-electron chi connectivity index (χ4n) is 2.24. The van der Waals surface area contributed by atoms with Crippen LogP contribution in [0.1, 0.15) is 12.6 Å². The summed E-state index contributed by atoms with van der Waals surface area (Å²) in [6.07, 6.45) is 3.46. The van der Waals surface area contributed by atoms with Gasteiger partial charge in [-0.25, -0.2) is 4.98 Å². The van der Waals surface area contributed by atoms with E-state index in [9.17, 15) is 4.79 Å². The highest BCUT2D eigenvalue weighted by atomic mass is 32.1. The average Bonchev–Trinajstić information content (AvgIpc) is 3.16. The third kappa shape index (κ3) is 4.80. The lowest BCUT2D eigenvalue weighted by Crippen LogP contribution is -2.28. The number of hydrogen-bond acceptors (Lipinski definition) is 6. The van der Waals surface area contributed by atoms with Gasteiger partial charge in [-0.3, -0.25) is 9.78 Å². The molecule has 0 unspecified atom stereocenters. The maximum absolute atomic E-state index is 12.0. The van der Waals surface area contributed by atoms with Crippen molar-refractivity contribution in [3.8, 4) is 22.1 Å². The number of carbonyl (C=O) groups is 1. The number of rotatable bonds is 8. The van der Waals surface area contributed by atoms with Crippen LogP contribution < -0.4 is 14.8 Å². The van der Waals surface area contributed by atoms with Gasteiger partial charge in [0.2, 0.25) is 0 Å². The molecule has 1 amide bonds. The molecule has 0 aliphatic heterocycles. The van der Waals surface area contributed by atoms with Gasteiger partial charge < -0.3 is 14.8 Å². The molecule has 0 atom stereocenters. The van der Waals surface area contributed by atoms with Gasteiger partial charge >= 0.3 is 0 Å². The third-order valence-electron chi connectivity index (χ3n) is 3.45. The van der Waals surface area contributed by atoms with E-state index in [1.54, 1.807) is 18.5 Å². The summed E-state index contributed by atoms with van der Waals surface area (Å²) in [7, 11) is 0. The molecule has 0 fully saturated rings. The average molecular weight is 369 g/mol. The summed E-state index contributed by atoms with van der Waals surface area (Å²) in [5.74, 6) is 0.970. The van der Waals surface area contributed by atoms with Gasteiger partial charge in [0.1, 0.15) is 5.01 Å². The molecule has 0 spiro atoms. The number of carbonyl (C=O) groups excluding carboxylic acids is 1. The number of para-hydroxylation sites is 2. The van der Waals surface area contributed by atoms with Crippen molar-refractivity contribution in [2.45, 2.75) is 13.5 Å². The third-order valence-corrected chi connectivity index (χ3v) is 4.39. The lowest BCUT2D eigenvalue weighted by Gasteiger charge is -2.11. The fourth-order valence-corrected chi connectivity index (χ4v) is 3.07. The normalized spacial score (nSPS) is 10.3. The smallest absolute Gasteiger partial charge is 0.258 e. The Kier molecular flexibility index (Phi) is 6.16. The molecule has 7 heteroatoms. The maximum atomic E-state index is 12.0. The van der Waals surface area contributed by atoms with Crippen LogP contribution in [0.3, 0.4) is 0 Å². The van der Waals surface area contributed by atoms with Gasteiger partial charge in [0, 0.05) is 23.3 Å². The Morgan fingerprint density at radius 2 is 1.85 bits per heavy atom. The number of nitrogens with one attached hydrogen (secondary N) is 1. The fraction of sp³-hybridized carbons (Fsp3) is 0.211. The lowest BCUT2D eigenvalue weighted by atomic mass is 10.3. The SMILES string of the molecule is CCOc1ccccc1OCC(=O)NCc1csc(-c2ccncc2)n1. The first-order valence-electron chi connectivity index (χ1n) is 8.22. The first-order valence-corrected chi connectivity index (χ1v) is 9.10. The van der Waals surface area contributed by atoms with Crippen molar-refractivity contribution in [1.29, 1.82) is 0 Å². The molecule has 1 N–H and O–H groups in total. The molecule has 0 aliphatic rings.